The monoisotopic (exact) mass is 652 g/mol. The lowest BCUT2D eigenvalue weighted by Gasteiger charge is -2.52. The molecule has 0 amide bonds. The molecule has 6 N–H and O–H groups in total. The molecule has 8 rings (SSSR count). The van der Waals surface area contributed by atoms with E-state index in [9.17, 15) is 35.4 Å². The topological polar surface area (TPSA) is 148 Å². The molecule has 3 fully saturated rings. The minimum absolute atomic E-state index is 0.0861. The van der Waals surface area contributed by atoms with Crippen LogP contribution in [-0.4, -0.2) is 67.1 Å². The van der Waals surface area contributed by atoms with Gasteiger partial charge in [0.1, 0.15) is 5.76 Å². The van der Waals surface area contributed by atoms with Crippen molar-refractivity contribution in [1.29, 1.82) is 0 Å². The summed E-state index contributed by atoms with van der Waals surface area (Å²) in [5.41, 5.74) is 6.09. The number of ether oxygens (including phenoxy) is 1. The second-order valence-corrected chi connectivity index (χ2v) is 17.0. The van der Waals surface area contributed by atoms with Gasteiger partial charge in [-0.3, -0.25) is 4.79 Å². The normalized spacial score (nSPS) is 47.0. The van der Waals surface area contributed by atoms with Crippen LogP contribution in [0.25, 0.3) is 0 Å². The van der Waals surface area contributed by atoms with Crippen molar-refractivity contribution in [1.82, 2.24) is 0 Å². The summed E-state index contributed by atoms with van der Waals surface area (Å²) in [6.45, 7) is 7.76. The van der Waals surface area contributed by atoms with E-state index in [1.807, 2.05) is 6.08 Å². The van der Waals surface area contributed by atoms with Crippen LogP contribution in [0.4, 0.5) is 0 Å². The molecule has 8 aliphatic rings. The fourth-order valence-corrected chi connectivity index (χ4v) is 12.1. The van der Waals surface area contributed by atoms with Gasteiger partial charge in [0.25, 0.3) is 0 Å². The van der Waals surface area contributed by atoms with Gasteiger partial charge < -0.3 is 35.4 Å². The van der Waals surface area contributed by atoms with Crippen LogP contribution in [0.1, 0.15) is 111 Å². The maximum atomic E-state index is 11.5. The average Bonchev–Trinajstić information content (AvgIpc) is 3.39. The number of esters is 1. The highest BCUT2D eigenvalue weighted by atomic mass is 16.5. The van der Waals surface area contributed by atoms with Gasteiger partial charge in [0.05, 0.1) is 30.5 Å². The molecule has 8 nitrogen and oxygen atoms in total. The Balaban J connectivity index is 0.000000151. The quantitative estimate of drug-likeness (QED) is 0.160. The molecule has 0 spiro atoms. The molecule has 0 radical (unpaired) electrons. The summed E-state index contributed by atoms with van der Waals surface area (Å²) in [6.07, 6.45) is 11.2. The highest BCUT2D eigenvalue weighted by molar-refractivity contribution is 5.67. The lowest BCUT2D eigenvalue weighted by atomic mass is 9.53. The number of fused-ring (bicyclic) bond motifs is 8. The molecule has 8 heteroatoms. The average molecular weight is 653 g/mol. The second kappa shape index (κ2) is 12.1. The number of hydrogen-bond donors (Lipinski definition) is 6. The molecule has 0 aromatic carbocycles. The highest BCUT2D eigenvalue weighted by Crippen LogP contribution is 2.63. The standard InChI is InChI=1S/C20H28O5.C19H28O3/c1-10(21)25-19-17(24)9-15-18-14(5-6-20(15,19)2)13-4-3-12(22)7-11(13)8-16(18)23;1-10-7-15-17-14(5-6-19(15,2)18(10)22)13-4-3-12(20)8-11(13)9-16(17)21/h12,14-16,18,22-24H,3-9H2,1-2H3;8,10,12-14,16,18,20-22H,3-7,9H2,1-2H3/t12-,14?,15?,16-,18?,20-;10-,12+,13?,14?,16+,18+,19+/m01/s1. The van der Waals surface area contributed by atoms with Crippen LogP contribution in [0.15, 0.2) is 45.5 Å². The van der Waals surface area contributed by atoms with Crippen molar-refractivity contribution in [3.05, 3.63) is 45.5 Å². The van der Waals surface area contributed by atoms with E-state index >= 15 is 0 Å². The zero-order chi connectivity index (χ0) is 33.6. The predicted molar refractivity (Wildman–Crippen MR) is 176 cm³/mol. The minimum atomic E-state index is -0.455. The van der Waals surface area contributed by atoms with Crippen molar-refractivity contribution in [2.24, 2.45) is 46.3 Å². The van der Waals surface area contributed by atoms with E-state index in [0.29, 0.717) is 55.1 Å². The Hall–Kier alpha value is -1.97. The van der Waals surface area contributed by atoms with Crippen molar-refractivity contribution in [2.45, 2.75) is 142 Å². The number of aliphatic hydroxyl groups is 6. The molecule has 3 saturated carbocycles. The summed E-state index contributed by atoms with van der Waals surface area (Å²) >= 11 is 0. The summed E-state index contributed by atoms with van der Waals surface area (Å²) < 4.78 is 5.40. The molecule has 13 atom stereocenters. The number of carbonyl (C=O) groups excluding carboxylic acids is 1. The molecule has 260 valence electrons. The number of carbonyl (C=O) groups is 1. The van der Waals surface area contributed by atoms with Crippen molar-refractivity contribution in [3.8, 4) is 0 Å². The maximum Gasteiger partial charge on any atom is 0.307 e. The fraction of sp³-hybridized carbons (Fsp3) is 0.769. The zero-order valence-electron chi connectivity index (χ0n) is 28.6. The van der Waals surface area contributed by atoms with E-state index in [1.165, 1.54) is 34.8 Å². The summed E-state index contributed by atoms with van der Waals surface area (Å²) in [6, 6.07) is 0. The molecule has 0 aromatic rings. The van der Waals surface area contributed by atoms with Gasteiger partial charge in [-0.2, -0.15) is 0 Å². The van der Waals surface area contributed by atoms with Crippen LogP contribution < -0.4 is 0 Å². The third-order valence-corrected chi connectivity index (χ3v) is 14.3. The Bertz CT molecular complexity index is 1420. The first-order chi connectivity index (χ1) is 22.2. The summed E-state index contributed by atoms with van der Waals surface area (Å²) in [5.74, 6) is 1.94. The van der Waals surface area contributed by atoms with Crippen molar-refractivity contribution in [2.75, 3.05) is 0 Å². The van der Waals surface area contributed by atoms with Gasteiger partial charge in [-0.25, -0.2) is 0 Å². The number of allylic oxidation sites excluding steroid dienone is 3. The fourth-order valence-electron chi connectivity index (χ4n) is 12.1. The lowest BCUT2D eigenvalue weighted by molar-refractivity contribution is -0.140. The van der Waals surface area contributed by atoms with Crippen molar-refractivity contribution >= 4 is 5.97 Å². The molecule has 0 saturated heterocycles. The first-order valence-corrected chi connectivity index (χ1v) is 18.4. The predicted octanol–water partition coefficient (Wildman–Crippen LogP) is 5.54. The molecule has 47 heavy (non-hydrogen) atoms. The first-order valence-electron chi connectivity index (χ1n) is 18.4. The van der Waals surface area contributed by atoms with E-state index in [1.54, 1.807) is 0 Å². The number of aliphatic hydroxyl groups excluding tert-OH is 6. The van der Waals surface area contributed by atoms with Gasteiger partial charge >= 0.3 is 5.97 Å². The van der Waals surface area contributed by atoms with Gasteiger partial charge in [0.2, 0.25) is 0 Å². The van der Waals surface area contributed by atoms with Crippen LogP contribution in [0.3, 0.4) is 0 Å². The van der Waals surface area contributed by atoms with Crippen LogP contribution in [0, 0.1) is 46.3 Å². The van der Waals surface area contributed by atoms with Crippen LogP contribution in [0.2, 0.25) is 0 Å². The Morgan fingerprint density at radius 2 is 1.57 bits per heavy atom. The van der Waals surface area contributed by atoms with Crippen molar-refractivity contribution < 1.29 is 40.2 Å². The molecule has 0 bridgehead atoms. The van der Waals surface area contributed by atoms with Gasteiger partial charge in [-0.1, -0.05) is 49.1 Å². The molecule has 8 aliphatic carbocycles. The van der Waals surface area contributed by atoms with Crippen molar-refractivity contribution in [3.63, 3.8) is 0 Å². The Morgan fingerprint density at radius 1 is 0.851 bits per heavy atom. The third kappa shape index (κ3) is 5.40. The van der Waals surface area contributed by atoms with E-state index in [2.05, 4.69) is 20.8 Å². The second-order valence-electron chi connectivity index (χ2n) is 17.0. The van der Waals surface area contributed by atoms with E-state index in [0.717, 1.165) is 57.8 Å². The third-order valence-electron chi connectivity index (χ3n) is 14.3. The van der Waals surface area contributed by atoms with Gasteiger partial charge in [0.15, 0.2) is 5.76 Å². The van der Waals surface area contributed by atoms with Gasteiger partial charge in [-0.15, -0.1) is 0 Å². The zero-order valence-corrected chi connectivity index (χ0v) is 28.6. The lowest BCUT2D eigenvalue weighted by Crippen LogP contribution is -2.49. The van der Waals surface area contributed by atoms with Crippen LogP contribution >= 0.6 is 0 Å². The Kier molecular flexibility index (Phi) is 8.64. The smallest absolute Gasteiger partial charge is 0.307 e. The summed E-state index contributed by atoms with van der Waals surface area (Å²) in [5, 5.41) is 62.7. The van der Waals surface area contributed by atoms with E-state index in [-0.39, 0.29) is 46.7 Å². The molecule has 0 heterocycles. The van der Waals surface area contributed by atoms with E-state index in [4.69, 9.17) is 4.74 Å². The maximum absolute atomic E-state index is 11.5. The first kappa shape index (κ1) is 33.5. The minimum Gasteiger partial charge on any atom is -0.509 e. The van der Waals surface area contributed by atoms with Crippen LogP contribution in [0.5, 0.6) is 0 Å². The van der Waals surface area contributed by atoms with Gasteiger partial charge in [-0.05, 0) is 118 Å². The molecule has 0 aromatic heterocycles. The number of rotatable bonds is 1. The Morgan fingerprint density at radius 3 is 2.32 bits per heavy atom. The molecule has 5 unspecified atom stereocenters. The van der Waals surface area contributed by atoms with Gasteiger partial charge in [0, 0.05) is 24.2 Å². The molecular weight excluding hydrogens is 596 g/mol. The molecular formula is C39H56O8. The molecule has 0 aliphatic heterocycles. The summed E-state index contributed by atoms with van der Waals surface area (Å²) in [4.78, 5) is 11.5. The SMILES string of the molecule is CC(=O)OC1=C(O)CC2C3C(CC[C@]12C)C1=C(C[C@@H](O)CC1)C[C@@H]3O.C[C@@H]1CC2=C3C(CC[C@]2(C)[C@H]1O)C1CC[C@H](O)C=C1C[C@@H]3O. The highest BCUT2D eigenvalue weighted by Gasteiger charge is 2.58. The number of hydrogen-bond acceptors (Lipinski definition) is 8. The summed E-state index contributed by atoms with van der Waals surface area (Å²) in [7, 11) is 0. The largest absolute Gasteiger partial charge is 0.509 e. The Labute approximate surface area is 279 Å². The van der Waals surface area contributed by atoms with Crippen LogP contribution in [-0.2, 0) is 9.53 Å². The van der Waals surface area contributed by atoms with E-state index < -0.39 is 18.2 Å².